The second-order valence-corrected chi connectivity index (χ2v) is 5.80. The maximum absolute atomic E-state index is 11.0. The number of hydrogen-bond acceptors (Lipinski definition) is 2. The Morgan fingerprint density at radius 1 is 1.33 bits per heavy atom. The molecule has 3 N–H and O–H groups in total. The number of rotatable bonds is 3. The molecule has 0 aliphatic heterocycles. The highest BCUT2D eigenvalue weighted by molar-refractivity contribution is 5.68. The van der Waals surface area contributed by atoms with Crippen molar-refractivity contribution in [1.82, 2.24) is 0 Å². The minimum absolute atomic E-state index is 0.0260. The lowest BCUT2D eigenvalue weighted by molar-refractivity contribution is -0.156. The lowest BCUT2D eigenvalue weighted by atomic mass is 9.45. The van der Waals surface area contributed by atoms with Crippen molar-refractivity contribution in [3.63, 3.8) is 0 Å². The van der Waals surface area contributed by atoms with Crippen molar-refractivity contribution in [2.75, 3.05) is 6.54 Å². The van der Waals surface area contributed by atoms with Crippen molar-refractivity contribution in [1.29, 1.82) is 0 Å². The molecule has 3 unspecified atom stereocenters. The molecule has 0 saturated heterocycles. The summed E-state index contributed by atoms with van der Waals surface area (Å²) in [4.78, 5) is 11.0. The molecule has 3 saturated carbocycles. The Balaban J connectivity index is 1.88. The van der Waals surface area contributed by atoms with Crippen LogP contribution < -0.4 is 5.73 Å². The van der Waals surface area contributed by atoms with Gasteiger partial charge in [-0.3, -0.25) is 4.79 Å². The second kappa shape index (κ2) is 2.97. The summed E-state index contributed by atoms with van der Waals surface area (Å²) >= 11 is 0. The molecule has 15 heavy (non-hydrogen) atoms. The smallest absolute Gasteiger partial charge is 0.303 e. The molecule has 3 fully saturated rings. The van der Waals surface area contributed by atoms with Gasteiger partial charge in [-0.05, 0) is 54.9 Å². The van der Waals surface area contributed by atoms with Crippen LogP contribution in [0.15, 0.2) is 0 Å². The summed E-state index contributed by atoms with van der Waals surface area (Å²) in [7, 11) is 0. The van der Waals surface area contributed by atoms with Crippen LogP contribution in [-0.4, -0.2) is 17.6 Å². The fourth-order valence-corrected chi connectivity index (χ4v) is 4.94. The Hall–Kier alpha value is -0.570. The topological polar surface area (TPSA) is 63.3 Å². The number of nitrogens with two attached hydrogens (primary N) is 1. The first kappa shape index (κ1) is 9.64. The average Bonchev–Trinajstić information content (AvgIpc) is 2.40. The third-order valence-electron chi connectivity index (χ3n) is 5.45. The van der Waals surface area contributed by atoms with E-state index in [0.29, 0.717) is 24.8 Å². The number of aliphatic carboxylic acids is 1. The van der Waals surface area contributed by atoms with Crippen molar-refractivity contribution >= 4 is 5.97 Å². The van der Waals surface area contributed by atoms with Gasteiger partial charge in [0.15, 0.2) is 0 Å². The van der Waals surface area contributed by atoms with Crippen LogP contribution in [0, 0.1) is 29.1 Å². The molecule has 3 aliphatic carbocycles. The number of hydrogen-bond donors (Lipinski definition) is 2. The Morgan fingerprint density at radius 3 is 2.80 bits per heavy atom. The van der Waals surface area contributed by atoms with Gasteiger partial charge in [0.25, 0.3) is 0 Å². The van der Waals surface area contributed by atoms with Gasteiger partial charge >= 0.3 is 5.97 Å². The fourth-order valence-electron chi connectivity index (χ4n) is 4.94. The van der Waals surface area contributed by atoms with Gasteiger partial charge in [-0.1, -0.05) is 6.42 Å². The molecule has 84 valence electrons. The zero-order valence-electron chi connectivity index (χ0n) is 8.98. The minimum Gasteiger partial charge on any atom is -0.481 e. The molecule has 5 atom stereocenters. The normalized spacial score (nSPS) is 51.3. The van der Waals surface area contributed by atoms with E-state index in [0.717, 1.165) is 11.8 Å². The molecule has 3 rings (SSSR count). The van der Waals surface area contributed by atoms with Gasteiger partial charge in [0.2, 0.25) is 0 Å². The summed E-state index contributed by atoms with van der Waals surface area (Å²) in [5, 5.41) is 9.04. The van der Waals surface area contributed by atoms with Crippen LogP contribution >= 0.6 is 0 Å². The molecule has 0 heterocycles. The van der Waals surface area contributed by atoms with Crippen molar-refractivity contribution in [2.45, 2.75) is 32.1 Å². The monoisotopic (exact) mass is 209 g/mol. The van der Waals surface area contributed by atoms with E-state index in [9.17, 15) is 4.79 Å². The largest absolute Gasteiger partial charge is 0.481 e. The molecular weight excluding hydrogens is 190 g/mol. The van der Waals surface area contributed by atoms with E-state index < -0.39 is 5.97 Å². The maximum Gasteiger partial charge on any atom is 0.303 e. The average molecular weight is 209 g/mol. The van der Waals surface area contributed by atoms with Gasteiger partial charge in [0.05, 0.1) is 6.42 Å². The van der Waals surface area contributed by atoms with Gasteiger partial charge in [0.1, 0.15) is 0 Å². The van der Waals surface area contributed by atoms with Crippen LogP contribution in [0.25, 0.3) is 0 Å². The zero-order valence-corrected chi connectivity index (χ0v) is 8.98. The van der Waals surface area contributed by atoms with Gasteiger partial charge < -0.3 is 10.8 Å². The van der Waals surface area contributed by atoms with Crippen LogP contribution in [0.3, 0.4) is 0 Å². The Labute approximate surface area is 90.0 Å². The molecule has 3 aliphatic rings. The fraction of sp³-hybridized carbons (Fsp3) is 0.917. The summed E-state index contributed by atoms with van der Waals surface area (Å²) in [6, 6.07) is 0. The van der Waals surface area contributed by atoms with Crippen molar-refractivity contribution in [3.8, 4) is 0 Å². The van der Waals surface area contributed by atoms with E-state index >= 15 is 0 Å². The van der Waals surface area contributed by atoms with E-state index in [1.54, 1.807) is 0 Å². The van der Waals surface area contributed by atoms with Gasteiger partial charge in [-0.2, -0.15) is 0 Å². The van der Waals surface area contributed by atoms with Crippen LogP contribution in [0.2, 0.25) is 0 Å². The summed E-state index contributed by atoms with van der Waals surface area (Å²) in [5.41, 5.74) is 5.87. The molecule has 0 spiro atoms. The highest BCUT2D eigenvalue weighted by atomic mass is 16.4. The van der Waals surface area contributed by atoms with E-state index in [-0.39, 0.29) is 5.41 Å². The molecule has 3 nitrogen and oxygen atoms in total. The minimum atomic E-state index is -0.658. The van der Waals surface area contributed by atoms with Crippen LogP contribution in [-0.2, 0) is 4.79 Å². The molecule has 0 aromatic rings. The summed E-state index contributed by atoms with van der Waals surface area (Å²) in [6.45, 7) is 0.581. The maximum atomic E-state index is 11.0. The van der Waals surface area contributed by atoms with E-state index in [2.05, 4.69) is 0 Å². The summed E-state index contributed by atoms with van der Waals surface area (Å²) in [5.74, 6) is 2.32. The molecule has 0 radical (unpaired) electrons. The molecule has 0 aromatic carbocycles. The van der Waals surface area contributed by atoms with Gasteiger partial charge in [-0.25, -0.2) is 0 Å². The second-order valence-electron chi connectivity index (χ2n) is 5.80. The van der Waals surface area contributed by atoms with E-state index in [1.165, 1.54) is 25.7 Å². The lowest BCUT2D eigenvalue weighted by Gasteiger charge is -2.59. The first-order chi connectivity index (χ1) is 7.17. The van der Waals surface area contributed by atoms with Crippen LogP contribution in [0.4, 0.5) is 0 Å². The first-order valence-corrected chi connectivity index (χ1v) is 6.09. The molecule has 3 heteroatoms. The first-order valence-electron chi connectivity index (χ1n) is 6.09. The van der Waals surface area contributed by atoms with Crippen LogP contribution in [0.5, 0.6) is 0 Å². The standard InChI is InChI=1S/C12H19NO2/c13-6-12(5-11(14)15)9-2-1-7-3-8(9)10(12)4-7/h7-10H,1-6,13H2,(H,14,15)/t7?,8-,9?,10-,12?/m0/s1. The highest BCUT2D eigenvalue weighted by Crippen LogP contribution is 2.70. The number of carboxylic acids is 1. The van der Waals surface area contributed by atoms with E-state index in [4.69, 9.17) is 10.8 Å². The van der Waals surface area contributed by atoms with Gasteiger partial charge in [-0.15, -0.1) is 0 Å². The molecular formula is C12H19NO2. The molecule has 0 amide bonds. The third-order valence-corrected chi connectivity index (χ3v) is 5.45. The summed E-state index contributed by atoms with van der Waals surface area (Å²) in [6.07, 6.45) is 5.47. The number of fused-ring (bicyclic) bond motifs is 1. The quantitative estimate of drug-likeness (QED) is 0.740. The van der Waals surface area contributed by atoms with Crippen molar-refractivity contribution in [3.05, 3.63) is 0 Å². The van der Waals surface area contributed by atoms with E-state index in [1.807, 2.05) is 0 Å². The van der Waals surface area contributed by atoms with Gasteiger partial charge in [0, 0.05) is 0 Å². The van der Waals surface area contributed by atoms with Crippen molar-refractivity contribution in [2.24, 2.45) is 34.8 Å². The zero-order chi connectivity index (χ0) is 10.6. The Bertz CT molecular complexity index is 296. The Kier molecular flexibility index (Phi) is 1.91. The number of carbonyl (C=O) groups is 1. The predicted octanol–water partition coefficient (Wildman–Crippen LogP) is 1.47. The third kappa shape index (κ3) is 1.07. The van der Waals surface area contributed by atoms with Crippen molar-refractivity contribution < 1.29 is 9.90 Å². The highest BCUT2D eigenvalue weighted by Gasteiger charge is 2.65. The Morgan fingerprint density at radius 2 is 2.13 bits per heavy atom. The SMILES string of the molecule is NCC1(CC(=O)O)C2CCC3C[C@@H]2[C@@H]1C3. The predicted molar refractivity (Wildman–Crippen MR) is 56.2 cm³/mol. The molecule has 0 aromatic heterocycles. The van der Waals surface area contributed by atoms with Crippen LogP contribution in [0.1, 0.15) is 32.1 Å². The molecule has 2 bridgehead atoms. The summed E-state index contributed by atoms with van der Waals surface area (Å²) < 4.78 is 0. The number of carboxylic acid groups (broad SMARTS) is 1. The lowest BCUT2D eigenvalue weighted by Crippen LogP contribution is -2.59.